The molecule has 0 spiro atoms. The van der Waals surface area contributed by atoms with Crippen LogP contribution < -0.4 is 10.6 Å². The van der Waals surface area contributed by atoms with Gasteiger partial charge in [-0.2, -0.15) is 0 Å². The van der Waals surface area contributed by atoms with E-state index in [0.717, 1.165) is 11.3 Å². The first-order valence-corrected chi connectivity index (χ1v) is 6.22. The zero-order chi connectivity index (χ0) is 13.8. The number of pyridine rings is 1. The summed E-state index contributed by atoms with van der Waals surface area (Å²) in [5.41, 5.74) is 8.17. The monoisotopic (exact) mass is 255 g/mol. The predicted molar refractivity (Wildman–Crippen MR) is 77.2 cm³/mol. The number of carbonyl (C=O) groups is 1. The van der Waals surface area contributed by atoms with E-state index >= 15 is 0 Å². The van der Waals surface area contributed by atoms with Crippen molar-refractivity contribution in [2.45, 2.75) is 13.8 Å². The molecular formula is C15H17N3O. The molecule has 1 aromatic carbocycles. The Morgan fingerprint density at radius 3 is 2.68 bits per heavy atom. The highest BCUT2D eigenvalue weighted by Gasteiger charge is 2.17. The highest BCUT2D eigenvalue weighted by Crippen LogP contribution is 2.21. The molecule has 4 nitrogen and oxygen atoms in total. The lowest BCUT2D eigenvalue weighted by Crippen LogP contribution is -2.31. The molecule has 0 radical (unpaired) electrons. The number of nitrogen functional groups attached to an aromatic ring is 1. The third-order valence-electron chi connectivity index (χ3n) is 3.00. The third-order valence-corrected chi connectivity index (χ3v) is 3.00. The highest BCUT2D eigenvalue weighted by atomic mass is 16.2. The number of nitrogens with zero attached hydrogens (tertiary/aromatic N) is 2. The van der Waals surface area contributed by atoms with Crippen LogP contribution in [0.1, 0.15) is 22.8 Å². The number of hydrogen-bond donors (Lipinski definition) is 1. The number of aryl methyl sites for hydroxylation is 1. The van der Waals surface area contributed by atoms with Crippen LogP contribution in [0.2, 0.25) is 0 Å². The number of aromatic nitrogens is 1. The molecule has 0 saturated carbocycles. The minimum absolute atomic E-state index is 0.0640. The Balaban J connectivity index is 2.38. The van der Waals surface area contributed by atoms with Crippen molar-refractivity contribution in [1.29, 1.82) is 0 Å². The Morgan fingerprint density at radius 2 is 2.05 bits per heavy atom. The van der Waals surface area contributed by atoms with Gasteiger partial charge in [-0.3, -0.25) is 4.79 Å². The largest absolute Gasteiger partial charge is 0.384 e. The number of amides is 1. The fraction of sp³-hybridized carbons (Fsp3) is 0.200. The van der Waals surface area contributed by atoms with Crippen LogP contribution in [0.3, 0.4) is 0 Å². The van der Waals surface area contributed by atoms with Gasteiger partial charge in [-0.15, -0.1) is 0 Å². The standard InChI is InChI=1S/C15H17N3O/c1-3-18(13-7-5-4-6-11(13)2)15(19)12-8-9-17-14(16)10-12/h4-10H,3H2,1-2H3,(H2,16,17). The summed E-state index contributed by atoms with van der Waals surface area (Å²) in [5, 5.41) is 0. The SMILES string of the molecule is CCN(C(=O)c1ccnc(N)c1)c1ccccc1C. The van der Waals surface area contributed by atoms with Crippen molar-refractivity contribution in [2.75, 3.05) is 17.2 Å². The van der Waals surface area contributed by atoms with Crippen molar-refractivity contribution in [3.05, 3.63) is 53.7 Å². The molecule has 2 N–H and O–H groups in total. The number of carbonyl (C=O) groups excluding carboxylic acids is 1. The summed E-state index contributed by atoms with van der Waals surface area (Å²) in [6, 6.07) is 11.1. The summed E-state index contributed by atoms with van der Waals surface area (Å²) in [7, 11) is 0. The number of nitrogens with two attached hydrogens (primary N) is 1. The number of benzene rings is 1. The average Bonchev–Trinajstić information content (AvgIpc) is 2.41. The molecule has 1 heterocycles. The molecule has 0 unspecified atom stereocenters. The molecule has 1 aromatic heterocycles. The van der Waals surface area contributed by atoms with Crippen LogP contribution in [0, 0.1) is 6.92 Å². The van der Waals surface area contributed by atoms with Crippen LogP contribution in [0.15, 0.2) is 42.6 Å². The molecule has 0 saturated heterocycles. The van der Waals surface area contributed by atoms with Crippen molar-refractivity contribution < 1.29 is 4.79 Å². The van der Waals surface area contributed by atoms with Gasteiger partial charge in [-0.05, 0) is 37.6 Å². The first-order valence-electron chi connectivity index (χ1n) is 6.22. The van der Waals surface area contributed by atoms with Gasteiger partial charge < -0.3 is 10.6 Å². The minimum Gasteiger partial charge on any atom is -0.384 e. The van der Waals surface area contributed by atoms with Crippen LogP contribution in [-0.2, 0) is 0 Å². The Bertz CT molecular complexity index is 595. The second-order valence-corrected chi connectivity index (χ2v) is 4.31. The van der Waals surface area contributed by atoms with Crippen molar-refractivity contribution in [2.24, 2.45) is 0 Å². The molecule has 0 fully saturated rings. The van der Waals surface area contributed by atoms with Crippen LogP contribution >= 0.6 is 0 Å². The van der Waals surface area contributed by atoms with E-state index in [1.54, 1.807) is 23.2 Å². The van der Waals surface area contributed by atoms with E-state index < -0.39 is 0 Å². The molecule has 0 aliphatic carbocycles. The fourth-order valence-corrected chi connectivity index (χ4v) is 2.03. The molecule has 4 heteroatoms. The Morgan fingerprint density at radius 1 is 1.32 bits per heavy atom. The molecule has 0 aliphatic rings. The summed E-state index contributed by atoms with van der Waals surface area (Å²) >= 11 is 0. The highest BCUT2D eigenvalue weighted by molar-refractivity contribution is 6.06. The maximum atomic E-state index is 12.5. The van der Waals surface area contributed by atoms with Crippen LogP contribution in [0.5, 0.6) is 0 Å². The van der Waals surface area contributed by atoms with Crippen molar-refractivity contribution in [3.63, 3.8) is 0 Å². The lowest BCUT2D eigenvalue weighted by atomic mass is 10.1. The normalized spacial score (nSPS) is 10.2. The van der Waals surface area contributed by atoms with Gasteiger partial charge in [-0.25, -0.2) is 4.98 Å². The first kappa shape index (κ1) is 13.1. The number of anilines is 2. The molecule has 0 aliphatic heterocycles. The lowest BCUT2D eigenvalue weighted by Gasteiger charge is -2.23. The molecule has 0 bridgehead atoms. The zero-order valence-corrected chi connectivity index (χ0v) is 11.1. The van der Waals surface area contributed by atoms with E-state index in [1.165, 1.54) is 0 Å². The Labute approximate surface area is 112 Å². The molecule has 2 rings (SSSR count). The Kier molecular flexibility index (Phi) is 3.80. The van der Waals surface area contributed by atoms with Crippen molar-refractivity contribution in [1.82, 2.24) is 4.98 Å². The second-order valence-electron chi connectivity index (χ2n) is 4.31. The smallest absolute Gasteiger partial charge is 0.258 e. The molecule has 2 aromatic rings. The van der Waals surface area contributed by atoms with Crippen LogP contribution in [-0.4, -0.2) is 17.4 Å². The van der Waals surface area contributed by atoms with Gasteiger partial charge in [0.05, 0.1) is 0 Å². The van der Waals surface area contributed by atoms with E-state index in [0.29, 0.717) is 17.9 Å². The van der Waals surface area contributed by atoms with Gasteiger partial charge in [0.25, 0.3) is 5.91 Å². The third kappa shape index (κ3) is 2.73. The van der Waals surface area contributed by atoms with E-state index in [4.69, 9.17) is 5.73 Å². The van der Waals surface area contributed by atoms with Gasteiger partial charge in [0, 0.05) is 24.0 Å². The molecule has 19 heavy (non-hydrogen) atoms. The quantitative estimate of drug-likeness (QED) is 0.917. The van der Waals surface area contributed by atoms with Crippen LogP contribution in [0.25, 0.3) is 0 Å². The zero-order valence-electron chi connectivity index (χ0n) is 11.1. The van der Waals surface area contributed by atoms with Gasteiger partial charge in [-0.1, -0.05) is 18.2 Å². The van der Waals surface area contributed by atoms with Gasteiger partial charge in [0.15, 0.2) is 0 Å². The summed E-state index contributed by atoms with van der Waals surface area (Å²) in [6.07, 6.45) is 1.55. The molecular weight excluding hydrogens is 238 g/mol. The molecule has 0 atom stereocenters. The summed E-state index contributed by atoms with van der Waals surface area (Å²) in [6.45, 7) is 4.55. The average molecular weight is 255 g/mol. The van der Waals surface area contributed by atoms with E-state index in [1.807, 2.05) is 38.1 Å². The van der Waals surface area contributed by atoms with Crippen molar-refractivity contribution >= 4 is 17.4 Å². The lowest BCUT2D eigenvalue weighted by molar-refractivity contribution is 0.0988. The number of rotatable bonds is 3. The van der Waals surface area contributed by atoms with Gasteiger partial charge in [0.1, 0.15) is 5.82 Å². The maximum Gasteiger partial charge on any atom is 0.258 e. The first-order chi connectivity index (χ1) is 9.13. The van der Waals surface area contributed by atoms with E-state index in [-0.39, 0.29) is 5.91 Å². The number of para-hydroxylation sites is 1. The van der Waals surface area contributed by atoms with E-state index in [9.17, 15) is 4.79 Å². The topological polar surface area (TPSA) is 59.2 Å². The van der Waals surface area contributed by atoms with E-state index in [2.05, 4.69) is 4.98 Å². The Hall–Kier alpha value is -2.36. The fourth-order valence-electron chi connectivity index (χ4n) is 2.03. The second kappa shape index (κ2) is 5.52. The summed E-state index contributed by atoms with van der Waals surface area (Å²) < 4.78 is 0. The van der Waals surface area contributed by atoms with Gasteiger partial charge >= 0.3 is 0 Å². The summed E-state index contributed by atoms with van der Waals surface area (Å²) in [4.78, 5) is 18.2. The maximum absolute atomic E-state index is 12.5. The molecule has 1 amide bonds. The number of hydrogen-bond acceptors (Lipinski definition) is 3. The molecule has 98 valence electrons. The minimum atomic E-state index is -0.0640. The van der Waals surface area contributed by atoms with Crippen LogP contribution in [0.4, 0.5) is 11.5 Å². The van der Waals surface area contributed by atoms with Gasteiger partial charge in [0.2, 0.25) is 0 Å². The summed E-state index contributed by atoms with van der Waals surface area (Å²) in [5.74, 6) is 0.289. The predicted octanol–water partition coefficient (Wildman–Crippen LogP) is 2.64. The van der Waals surface area contributed by atoms with Crippen molar-refractivity contribution in [3.8, 4) is 0 Å².